The third kappa shape index (κ3) is 4.66. The number of nitrogens with two attached hydrogens (primary N) is 1. The van der Waals surface area contributed by atoms with Crippen LogP contribution < -0.4 is 5.73 Å². The molecule has 0 amide bonds. The number of sulfone groups is 1. The van der Waals surface area contributed by atoms with Crippen LogP contribution in [0.5, 0.6) is 0 Å². The van der Waals surface area contributed by atoms with Gasteiger partial charge in [0.1, 0.15) is 0 Å². The lowest BCUT2D eigenvalue weighted by Gasteiger charge is -2.06. The summed E-state index contributed by atoms with van der Waals surface area (Å²) >= 11 is 0. The summed E-state index contributed by atoms with van der Waals surface area (Å²) in [7, 11) is -3.39. The molecule has 12 heavy (non-hydrogen) atoms. The fraction of sp³-hybridized carbons (Fsp3) is 1.00. The molecule has 5 nitrogen and oxygen atoms in total. The van der Waals surface area contributed by atoms with Gasteiger partial charge in [-0.15, -0.1) is 0 Å². The summed E-state index contributed by atoms with van der Waals surface area (Å²) in [5.41, 5.74) is 3.79. The summed E-state index contributed by atoms with van der Waals surface area (Å²) in [5.74, 6) is -0.162. The Kier molecular flexibility index (Phi) is 5.39. The van der Waals surface area contributed by atoms with E-state index in [-0.39, 0.29) is 12.4 Å². The molecule has 6 heteroatoms. The molecule has 0 saturated carbocycles. The summed E-state index contributed by atoms with van der Waals surface area (Å²) < 4.78 is 26.7. The molecule has 0 aromatic heterocycles. The van der Waals surface area contributed by atoms with Crippen molar-refractivity contribution in [2.75, 3.05) is 25.5 Å². The minimum atomic E-state index is -3.39. The highest BCUT2D eigenvalue weighted by Gasteiger charge is 2.16. The van der Waals surface area contributed by atoms with Crippen LogP contribution in [0.4, 0.5) is 0 Å². The average molecular weight is 197 g/mol. The van der Waals surface area contributed by atoms with Crippen LogP contribution in [0.1, 0.15) is 6.92 Å². The molecule has 0 spiro atoms. The zero-order valence-electron chi connectivity index (χ0n) is 7.06. The highest BCUT2D eigenvalue weighted by atomic mass is 32.2. The van der Waals surface area contributed by atoms with Crippen molar-refractivity contribution >= 4 is 9.84 Å². The fourth-order valence-electron chi connectivity index (χ4n) is 0.531. The molecule has 0 rings (SSSR count). The summed E-state index contributed by atoms with van der Waals surface area (Å²) in [6, 6.07) is 0. The van der Waals surface area contributed by atoms with Gasteiger partial charge in [-0.2, -0.15) is 0 Å². The molecule has 0 bridgehead atoms. The van der Waals surface area contributed by atoms with Crippen LogP contribution in [0.25, 0.3) is 0 Å². The Balaban J connectivity index is 3.63. The van der Waals surface area contributed by atoms with Crippen LogP contribution in [0.3, 0.4) is 0 Å². The van der Waals surface area contributed by atoms with Gasteiger partial charge in [-0.1, -0.05) is 0 Å². The number of aliphatic hydroxyl groups excluding tert-OH is 1. The molecule has 0 aromatic rings. The molecule has 0 aliphatic carbocycles. The number of hydrogen-bond acceptors (Lipinski definition) is 5. The van der Waals surface area contributed by atoms with Crippen molar-refractivity contribution in [1.29, 1.82) is 0 Å². The van der Waals surface area contributed by atoms with Gasteiger partial charge >= 0.3 is 0 Å². The van der Waals surface area contributed by atoms with Crippen molar-refractivity contribution in [3.63, 3.8) is 0 Å². The second-order valence-electron chi connectivity index (χ2n) is 2.37. The largest absolute Gasteiger partial charge is 0.379 e. The van der Waals surface area contributed by atoms with Crippen LogP contribution >= 0.6 is 0 Å². The molecule has 0 heterocycles. The Hall–Kier alpha value is -0.170. The van der Waals surface area contributed by atoms with Gasteiger partial charge in [0.2, 0.25) is 0 Å². The minimum Gasteiger partial charge on any atom is -0.379 e. The lowest BCUT2D eigenvalue weighted by molar-refractivity contribution is 0.155. The normalized spacial score (nSPS) is 14.6. The Morgan fingerprint density at radius 3 is 2.50 bits per heavy atom. The van der Waals surface area contributed by atoms with Crippen molar-refractivity contribution in [3.05, 3.63) is 0 Å². The first-order valence-corrected chi connectivity index (χ1v) is 5.39. The summed E-state index contributed by atoms with van der Waals surface area (Å²) in [6.45, 7) is 2.02. The number of hydrogen-bond donors (Lipinski definition) is 2. The van der Waals surface area contributed by atoms with Gasteiger partial charge in [-0.25, -0.2) is 8.42 Å². The summed E-state index contributed by atoms with van der Waals surface area (Å²) in [4.78, 5) is 0. The van der Waals surface area contributed by atoms with Gasteiger partial charge in [0.25, 0.3) is 0 Å². The van der Waals surface area contributed by atoms with Gasteiger partial charge in [0.15, 0.2) is 15.3 Å². The van der Waals surface area contributed by atoms with Gasteiger partial charge < -0.3 is 15.6 Å². The maximum absolute atomic E-state index is 10.9. The van der Waals surface area contributed by atoms with Crippen molar-refractivity contribution < 1.29 is 18.3 Å². The molecule has 0 fully saturated rings. The molecule has 0 radical (unpaired) electrons. The molecule has 1 unspecified atom stereocenters. The Labute approximate surface area is 72.4 Å². The zero-order valence-corrected chi connectivity index (χ0v) is 7.88. The van der Waals surface area contributed by atoms with Gasteiger partial charge in [-0.05, 0) is 6.92 Å². The van der Waals surface area contributed by atoms with E-state index in [1.54, 1.807) is 0 Å². The quantitative estimate of drug-likeness (QED) is 0.517. The van der Waals surface area contributed by atoms with Gasteiger partial charge in [-0.3, -0.25) is 0 Å². The molecule has 3 N–H and O–H groups in total. The second kappa shape index (κ2) is 5.47. The molecule has 1 atom stereocenters. The molecule has 0 saturated heterocycles. The standard InChI is InChI=1S/C6H15NO4S/c1-6(8)12(9,10)5-4-11-3-2-7/h6,8H,2-5,7H2,1H3. The lowest BCUT2D eigenvalue weighted by Crippen LogP contribution is -2.23. The first kappa shape index (κ1) is 11.8. The highest BCUT2D eigenvalue weighted by molar-refractivity contribution is 7.91. The van der Waals surface area contributed by atoms with Gasteiger partial charge in [0.05, 0.1) is 19.0 Å². The SMILES string of the molecule is CC(O)S(=O)(=O)CCOCCN. The Morgan fingerprint density at radius 1 is 1.50 bits per heavy atom. The number of ether oxygens (including phenoxy) is 1. The topological polar surface area (TPSA) is 89.6 Å². The van der Waals surface area contributed by atoms with Crippen LogP contribution in [0.15, 0.2) is 0 Å². The number of rotatable bonds is 6. The van der Waals surface area contributed by atoms with Crippen molar-refractivity contribution in [2.24, 2.45) is 5.73 Å². The van der Waals surface area contributed by atoms with Crippen LogP contribution in [-0.2, 0) is 14.6 Å². The van der Waals surface area contributed by atoms with E-state index in [1.807, 2.05) is 0 Å². The van der Waals surface area contributed by atoms with E-state index in [1.165, 1.54) is 6.92 Å². The lowest BCUT2D eigenvalue weighted by atomic mass is 10.7. The zero-order chi connectivity index (χ0) is 9.61. The Morgan fingerprint density at radius 2 is 2.08 bits per heavy atom. The van der Waals surface area contributed by atoms with E-state index < -0.39 is 15.3 Å². The van der Waals surface area contributed by atoms with E-state index in [0.717, 1.165) is 0 Å². The Bertz CT molecular complexity index is 200. The summed E-state index contributed by atoms with van der Waals surface area (Å²) in [5, 5.41) is 8.77. The van der Waals surface area contributed by atoms with E-state index in [2.05, 4.69) is 0 Å². The molecule has 74 valence electrons. The van der Waals surface area contributed by atoms with Gasteiger partial charge in [0, 0.05) is 6.54 Å². The average Bonchev–Trinajstić information content (AvgIpc) is 1.98. The van der Waals surface area contributed by atoms with Crippen molar-refractivity contribution in [1.82, 2.24) is 0 Å². The van der Waals surface area contributed by atoms with Crippen LogP contribution in [-0.4, -0.2) is 44.5 Å². The van der Waals surface area contributed by atoms with E-state index in [9.17, 15) is 8.42 Å². The molecule has 0 aliphatic rings. The fourth-order valence-corrected chi connectivity index (χ4v) is 1.22. The molecule has 0 aliphatic heterocycles. The molecular formula is C6H15NO4S. The predicted octanol–water partition coefficient (Wildman–Crippen LogP) is -1.29. The van der Waals surface area contributed by atoms with Crippen molar-refractivity contribution in [2.45, 2.75) is 12.4 Å². The molecular weight excluding hydrogens is 182 g/mol. The summed E-state index contributed by atoms with van der Waals surface area (Å²) in [6.07, 6.45) is 0. The monoisotopic (exact) mass is 197 g/mol. The highest BCUT2D eigenvalue weighted by Crippen LogP contribution is 1.97. The predicted molar refractivity (Wildman–Crippen MR) is 45.3 cm³/mol. The maximum Gasteiger partial charge on any atom is 0.178 e. The maximum atomic E-state index is 10.9. The minimum absolute atomic E-state index is 0.0877. The van der Waals surface area contributed by atoms with Crippen LogP contribution in [0.2, 0.25) is 0 Å². The first-order valence-electron chi connectivity index (χ1n) is 3.68. The third-order valence-electron chi connectivity index (χ3n) is 1.29. The van der Waals surface area contributed by atoms with Crippen LogP contribution in [0, 0.1) is 0 Å². The second-order valence-corrected chi connectivity index (χ2v) is 4.78. The van der Waals surface area contributed by atoms with E-state index >= 15 is 0 Å². The van der Waals surface area contributed by atoms with E-state index in [4.69, 9.17) is 15.6 Å². The molecule has 0 aromatic carbocycles. The van der Waals surface area contributed by atoms with E-state index in [0.29, 0.717) is 13.2 Å². The smallest absolute Gasteiger partial charge is 0.178 e. The van der Waals surface area contributed by atoms with Crippen molar-refractivity contribution in [3.8, 4) is 0 Å². The first-order chi connectivity index (χ1) is 5.50. The number of aliphatic hydroxyl groups is 1. The third-order valence-corrected chi connectivity index (χ3v) is 3.07.